The van der Waals surface area contributed by atoms with Gasteiger partial charge in [0, 0.05) is 67.1 Å². The number of benzene rings is 1. The highest BCUT2D eigenvalue weighted by molar-refractivity contribution is 5.82. The first kappa shape index (κ1) is 22.1. The van der Waals surface area contributed by atoms with Crippen molar-refractivity contribution in [2.24, 2.45) is 0 Å². The average molecular weight is 469 g/mol. The molecule has 0 bridgehead atoms. The Hall–Kier alpha value is -3.73. The van der Waals surface area contributed by atoms with E-state index in [1.165, 1.54) is 0 Å². The van der Waals surface area contributed by atoms with Crippen molar-refractivity contribution in [1.82, 2.24) is 30.0 Å². The van der Waals surface area contributed by atoms with Crippen molar-refractivity contribution in [3.05, 3.63) is 47.5 Å². The normalized spacial score (nSPS) is 14.6. The van der Waals surface area contributed by atoms with E-state index in [-0.39, 0.29) is 18.4 Å². The molecule has 4 heterocycles. The van der Waals surface area contributed by atoms with Gasteiger partial charge in [0.25, 0.3) is 0 Å². The number of aromatic nitrogens is 5. The van der Waals surface area contributed by atoms with E-state index in [9.17, 15) is 4.39 Å². The van der Waals surface area contributed by atoms with Crippen molar-refractivity contribution in [1.29, 1.82) is 0 Å². The maximum atomic E-state index is 15.1. The Morgan fingerprint density at radius 2 is 1.85 bits per heavy atom. The molecule has 9 nitrogen and oxygen atoms in total. The molecule has 0 aliphatic carbocycles. The van der Waals surface area contributed by atoms with Crippen LogP contribution in [-0.2, 0) is 0 Å². The average Bonchev–Trinajstić information content (AvgIpc) is 3.41. The van der Waals surface area contributed by atoms with Crippen LogP contribution in [-0.4, -0.2) is 69.4 Å². The van der Waals surface area contributed by atoms with Gasteiger partial charge in [-0.2, -0.15) is 15.1 Å². The van der Waals surface area contributed by atoms with E-state index in [0.717, 1.165) is 24.5 Å². The number of H-pyrrole nitrogens is 2. The Bertz CT molecular complexity index is 1300. The Kier molecular flexibility index (Phi) is 6.01. The van der Waals surface area contributed by atoms with Crippen molar-refractivity contribution in [3.63, 3.8) is 0 Å². The third-order valence-corrected chi connectivity index (χ3v) is 5.79. The number of aryl methyl sites for hydroxylation is 2. The number of anilines is 3. The SMILES string of the molecule is Cc1cc(Nc2cc(N3CCN(CCF)CC3)nc(Oc3ccc4[nH]c(C)cc4c3F)n2)n[nH]1. The fourth-order valence-electron chi connectivity index (χ4n) is 4.08. The van der Waals surface area contributed by atoms with E-state index in [0.29, 0.717) is 48.0 Å². The molecule has 3 aromatic heterocycles. The van der Waals surface area contributed by atoms with E-state index >= 15 is 4.39 Å². The highest BCUT2D eigenvalue weighted by atomic mass is 19.1. The number of piperazine rings is 1. The summed E-state index contributed by atoms with van der Waals surface area (Å²) in [5, 5.41) is 10.7. The summed E-state index contributed by atoms with van der Waals surface area (Å²) in [5.74, 6) is 1.26. The largest absolute Gasteiger partial charge is 0.421 e. The number of nitrogens with zero attached hydrogens (tertiary/aromatic N) is 5. The van der Waals surface area contributed by atoms with E-state index in [1.807, 2.05) is 19.9 Å². The molecule has 0 spiro atoms. The van der Waals surface area contributed by atoms with Crippen LogP contribution in [0.1, 0.15) is 11.4 Å². The van der Waals surface area contributed by atoms with Crippen molar-refractivity contribution in [2.45, 2.75) is 13.8 Å². The Morgan fingerprint density at radius 1 is 1.03 bits per heavy atom. The first-order valence-electron chi connectivity index (χ1n) is 11.2. The van der Waals surface area contributed by atoms with Gasteiger partial charge in [0.05, 0.1) is 0 Å². The number of nitrogens with one attached hydrogen (secondary N) is 3. The van der Waals surface area contributed by atoms with E-state index < -0.39 is 5.82 Å². The van der Waals surface area contributed by atoms with Crippen LogP contribution in [0.15, 0.2) is 30.3 Å². The summed E-state index contributed by atoms with van der Waals surface area (Å²) in [4.78, 5) is 16.3. The molecule has 0 amide bonds. The van der Waals surface area contributed by atoms with E-state index in [2.05, 4.69) is 40.3 Å². The summed E-state index contributed by atoms with van der Waals surface area (Å²) in [6.45, 7) is 6.65. The molecule has 1 fully saturated rings. The van der Waals surface area contributed by atoms with Crippen molar-refractivity contribution >= 4 is 28.4 Å². The summed E-state index contributed by atoms with van der Waals surface area (Å²) in [6.07, 6.45) is 0. The highest BCUT2D eigenvalue weighted by Crippen LogP contribution is 2.31. The molecule has 5 rings (SSSR count). The number of alkyl halides is 1. The third kappa shape index (κ3) is 4.65. The van der Waals surface area contributed by atoms with Crippen LogP contribution >= 0.6 is 0 Å². The summed E-state index contributed by atoms with van der Waals surface area (Å²) in [7, 11) is 0. The summed E-state index contributed by atoms with van der Waals surface area (Å²) < 4.78 is 33.7. The van der Waals surface area contributed by atoms with Gasteiger partial charge in [0.2, 0.25) is 0 Å². The van der Waals surface area contributed by atoms with Crippen molar-refractivity contribution < 1.29 is 13.5 Å². The summed E-state index contributed by atoms with van der Waals surface area (Å²) in [6, 6.07) is 8.73. The fourth-order valence-corrected chi connectivity index (χ4v) is 4.08. The van der Waals surface area contributed by atoms with Gasteiger partial charge in [0.1, 0.15) is 18.3 Å². The minimum atomic E-state index is -0.479. The van der Waals surface area contributed by atoms with E-state index in [4.69, 9.17) is 4.74 Å². The quantitative estimate of drug-likeness (QED) is 0.376. The second-order valence-corrected chi connectivity index (χ2v) is 8.37. The smallest absolute Gasteiger partial charge is 0.326 e. The number of aromatic amines is 2. The zero-order valence-corrected chi connectivity index (χ0v) is 19.0. The van der Waals surface area contributed by atoms with Crippen LogP contribution in [0, 0.1) is 19.7 Å². The van der Waals surface area contributed by atoms with Crippen LogP contribution < -0.4 is 15.0 Å². The molecule has 1 saturated heterocycles. The maximum absolute atomic E-state index is 15.1. The highest BCUT2D eigenvalue weighted by Gasteiger charge is 2.21. The van der Waals surface area contributed by atoms with Gasteiger partial charge in [0.15, 0.2) is 17.4 Å². The van der Waals surface area contributed by atoms with Gasteiger partial charge in [-0.05, 0) is 32.0 Å². The third-order valence-electron chi connectivity index (χ3n) is 5.79. The molecule has 1 aromatic carbocycles. The van der Waals surface area contributed by atoms with E-state index in [1.54, 1.807) is 24.3 Å². The molecule has 3 N–H and O–H groups in total. The van der Waals surface area contributed by atoms with Gasteiger partial charge < -0.3 is 19.9 Å². The summed E-state index contributed by atoms with van der Waals surface area (Å²) >= 11 is 0. The van der Waals surface area contributed by atoms with Crippen molar-refractivity contribution in [2.75, 3.05) is 49.6 Å². The zero-order chi connectivity index (χ0) is 23.7. The Labute approximate surface area is 195 Å². The van der Waals surface area contributed by atoms with Gasteiger partial charge in [-0.1, -0.05) is 0 Å². The number of fused-ring (bicyclic) bond motifs is 1. The molecule has 0 unspecified atom stereocenters. The molecular formula is C23H26F2N8O. The topological polar surface area (TPSA) is 98.0 Å². The number of halogens is 2. The first-order chi connectivity index (χ1) is 16.5. The van der Waals surface area contributed by atoms with Crippen molar-refractivity contribution in [3.8, 4) is 11.8 Å². The molecule has 34 heavy (non-hydrogen) atoms. The molecule has 0 atom stereocenters. The molecule has 178 valence electrons. The second kappa shape index (κ2) is 9.26. The lowest BCUT2D eigenvalue weighted by Gasteiger charge is -2.35. The second-order valence-electron chi connectivity index (χ2n) is 8.37. The number of hydrogen-bond donors (Lipinski definition) is 3. The minimum absolute atomic E-state index is 0.0175. The number of ether oxygens (including phenoxy) is 1. The van der Waals surface area contributed by atoms with Gasteiger partial charge >= 0.3 is 6.01 Å². The predicted octanol–water partition coefficient (Wildman–Crippen LogP) is 4.06. The number of rotatable bonds is 7. The first-order valence-corrected chi connectivity index (χ1v) is 11.2. The minimum Gasteiger partial charge on any atom is -0.421 e. The van der Waals surface area contributed by atoms with Crippen LogP contribution in [0.3, 0.4) is 0 Å². The van der Waals surface area contributed by atoms with Gasteiger partial charge in [-0.25, -0.2) is 8.78 Å². The molecule has 1 aliphatic heterocycles. The van der Waals surface area contributed by atoms with Crippen LogP contribution in [0.25, 0.3) is 10.9 Å². The lowest BCUT2D eigenvalue weighted by molar-refractivity contribution is 0.235. The molecule has 0 radical (unpaired) electrons. The lowest BCUT2D eigenvalue weighted by atomic mass is 10.2. The van der Waals surface area contributed by atoms with Gasteiger partial charge in [-0.3, -0.25) is 10.00 Å². The molecule has 1 aliphatic rings. The Morgan fingerprint density at radius 3 is 2.59 bits per heavy atom. The monoisotopic (exact) mass is 468 g/mol. The zero-order valence-electron chi connectivity index (χ0n) is 19.0. The summed E-state index contributed by atoms with van der Waals surface area (Å²) in [5.41, 5.74) is 2.45. The van der Waals surface area contributed by atoms with Gasteiger partial charge in [-0.15, -0.1) is 0 Å². The molecule has 0 saturated carbocycles. The standard InChI is InChI=1S/C23H26F2N8O/c1-14-11-16-17(26-14)3-4-18(22(16)25)34-23-28-19(27-20-12-15(2)30-31-20)13-21(29-23)33-9-7-32(6-5-24)8-10-33/h3-4,11-13,26H,5-10H2,1-2H3,(H2,27,28,29,30,31). The van der Waals surface area contributed by atoms with Crippen LogP contribution in [0.4, 0.5) is 26.2 Å². The van der Waals surface area contributed by atoms with Crippen LogP contribution in [0.2, 0.25) is 0 Å². The molecule has 4 aromatic rings. The molecule has 11 heteroatoms. The number of hydrogen-bond acceptors (Lipinski definition) is 7. The maximum Gasteiger partial charge on any atom is 0.326 e. The Balaban J connectivity index is 1.45. The molecular weight excluding hydrogens is 442 g/mol. The lowest BCUT2D eigenvalue weighted by Crippen LogP contribution is -2.47. The van der Waals surface area contributed by atoms with Crippen LogP contribution in [0.5, 0.6) is 11.8 Å². The predicted molar refractivity (Wildman–Crippen MR) is 126 cm³/mol. The fraction of sp³-hybridized carbons (Fsp3) is 0.348.